The second-order valence-corrected chi connectivity index (χ2v) is 5.34. The monoisotopic (exact) mass is 315 g/mol. The molecule has 0 atom stereocenters. The summed E-state index contributed by atoms with van der Waals surface area (Å²) in [6.07, 6.45) is 1.85. The SMILES string of the molecule is CCC(N)(CC)COCCOc1cccc(Br)c1. The van der Waals surface area contributed by atoms with Gasteiger partial charge in [-0.2, -0.15) is 0 Å². The van der Waals surface area contributed by atoms with Crippen molar-refractivity contribution in [3.63, 3.8) is 0 Å². The lowest BCUT2D eigenvalue weighted by Gasteiger charge is -2.26. The third kappa shape index (κ3) is 5.38. The highest BCUT2D eigenvalue weighted by Gasteiger charge is 2.19. The molecule has 0 bridgehead atoms. The van der Waals surface area contributed by atoms with Crippen LogP contribution in [0.25, 0.3) is 0 Å². The summed E-state index contributed by atoms with van der Waals surface area (Å²) in [6, 6.07) is 7.77. The van der Waals surface area contributed by atoms with Gasteiger partial charge in [-0.1, -0.05) is 35.8 Å². The first kappa shape index (κ1) is 15.5. The normalized spacial score (nSPS) is 11.6. The van der Waals surface area contributed by atoms with Gasteiger partial charge >= 0.3 is 0 Å². The van der Waals surface area contributed by atoms with Gasteiger partial charge in [0.15, 0.2) is 0 Å². The molecule has 1 aromatic rings. The molecule has 1 aromatic carbocycles. The molecule has 0 aliphatic heterocycles. The summed E-state index contributed by atoms with van der Waals surface area (Å²) in [5, 5.41) is 0. The summed E-state index contributed by atoms with van der Waals surface area (Å²) in [4.78, 5) is 0. The summed E-state index contributed by atoms with van der Waals surface area (Å²) >= 11 is 3.40. The van der Waals surface area contributed by atoms with Crippen molar-refractivity contribution < 1.29 is 9.47 Å². The fourth-order valence-corrected chi connectivity index (χ4v) is 1.88. The van der Waals surface area contributed by atoms with E-state index in [2.05, 4.69) is 29.8 Å². The quantitative estimate of drug-likeness (QED) is 0.748. The minimum absolute atomic E-state index is 0.199. The van der Waals surface area contributed by atoms with Gasteiger partial charge < -0.3 is 15.2 Å². The maximum absolute atomic E-state index is 6.14. The largest absolute Gasteiger partial charge is 0.491 e. The number of halogens is 1. The number of nitrogens with two attached hydrogens (primary N) is 1. The van der Waals surface area contributed by atoms with E-state index in [1.807, 2.05) is 24.3 Å². The molecule has 0 fully saturated rings. The number of hydrogen-bond acceptors (Lipinski definition) is 3. The van der Waals surface area contributed by atoms with Crippen LogP contribution in [0.4, 0.5) is 0 Å². The average Bonchev–Trinajstić information content (AvgIpc) is 2.38. The van der Waals surface area contributed by atoms with Gasteiger partial charge in [-0.25, -0.2) is 0 Å². The van der Waals surface area contributed by atoms with Crippen LogP contribution in [0.1, 0.15) is 26.7 Å². The Morgan fingerprint density at radius 2 is 1.94 bits per heavy atom. The van der Waals surface area contributed by atoms with Crippen LogP contribution in [-0.4, -0.2) is 25.4 Å². The van der Waals surface area contributed by atoms with Gasteiger partial charge in [0.05, 0.1) is 13.2 Å². The van der Waals surface area contributed by atoms with Crippen molar-refractivity contribution >= 4 is 15.9 Å². The first-order valence-corrected chi connectivity index (χ1v) is 7.14. The van der Waals surface area contributed by atoms with Crippen LogP contribution in [-0.2, 0) is 4.74 Å². The molecule has 18 heavy (non-hydrogen) atoms. The second kappa shape index (κ2) is 7.77. The highest BCUT2D eigenvalue weighted by atomic mass is 79.9. The Kier molecular flexibility index (Phi) is 6.68. The summed E-state index contributed by atoms with van der Waals surface area (Å²) in [5.74, 6) is 0.845. The van der Waals surface area contributed by atoms with Crippen molar-refractivity contribution in [2.24, 2.45) is 5.73 Å². The molecule has 4 heteroatoms. The van der Waals surface area contributed by atoms with E-state index in [9.17, 15) is 0 Å². The van der Waals surface area contributed by atoms with Crippen LogP contribution in [0.15, 0.2) is 28.7 Å². The van der Waals surface area contributed by atoms with Gasteiger partial charge in [0.2, 0.25) is 0 Å². The molecule has 0 unspecified atom stereocenters. The second-order valence-electron chi connectivity index (χ2n) is 4.43. The van der Waals surface area contributed by atoms with Crippen LogP contribution >= 0.6 is 15.9 Å². The topological polar surface area (TPSA) is 44.5 Å². The number of ether oxygens (including phenoxy) is 2. The summed E-state index contributed by atoms with van der Waals surface area (Å²) in [7, 11) is 0. The molecule has 0 saturated heterocycles. The fraction of sp³-hybridized carbons (Fsp3) is 0.571. The first-order valence-electron chi connectivity index (χ1n) is 6.34. The van der Waals surface area contributed by atoms with Crippen LogP contribution < -0.4 is 10.5 Å². The molecule has 3 nitrogen and oxygen atoms in total. The zero-order valence-electron chi connectivity index (χ0n) is 11.1. The Hall–Kier alpha value is -0.580. The van der Waals surface area contributed by atoms with Crippen LogP contribution in [0.5, 0.6) is 5.75 Å². The third-order valence-electron chi connectivity index (χ3n) is 3.09. The van der Waals surface area contributed by atoms with Crippen molar-refractivity contribution in [1.82, 2.24) is 0 Å². The van der Waals surface area contributed by atoms with Gasteiger partial charge in [0.25, 0.3) is 0 Å². The Labute approximate surface area is 118 Å². The van der Waals surface area contributed by atoms with Crippen molar-refractivity contribution in [3.8, 4) is 5.75 Å². The molecule has 0 saturated carbocycles. The lowest BCUT2D eigenvalue weighted by Crippen LogP contribution is -2.43. The van der Waals surface area contributed by atoms with E-state index in [-0.39, 0.29) is 5.54 Å². The number of rotatable bonds is 8. The van der Waals surface area contributed by atoms with Crippen LogP contribution in [0, 0.1) is 0 Å². The van der Waals surface area contributed by atoms with Crippen LogP contribution in [0.3, 0.4) is 0 Å². The summed E-state index contributed by atoms with van der Waals surface area (Å²) in [6.45, 7) is 5.86. The van der Waals surface area contributed by atoms with Crippen molar-refractivity contribution in [2.75, 3.05) is 19.8 Å². The standard InChI is InChI=1S/C14H22BrNO2/c1-3-14(16,4-2)11-17-8-9-18-13-7-5-6-12(15)10-13/h5-7,10H,3-4,8-9,11,16H2,1-2H3. The molecule has 0 aliphatic rings. The molecule has 0 radical (unpaired) electrons. The van der Waals surface area contributed by atoms with E-state index in [1.165, 1.54) is 0 Å². The Bertz CT molecular complexity index is 353. The molecule has 2 N–H and O–H groups in total. The Morgan fingerprint density at radius 3 is 2.56 bits per heavy atom. The number of benzene rings is 1. The summed E-state index contributed by atoms with van der Waals surface area (Å²) in [5.41, 5.74) is 5.94. The molecule has 0 spiro atoms. The smallest absolute Gasteiger partial charge is 0.120 e. The van der Waals surface area contributed by atoms with Crippen LogP contribution in [0.2, 0.25) is 0 Å². The fourth-order valence-electron chi connectivity index (χ4n) is 1.50. The highest BCUT2D eigenvalue weighted by Crippen LogP contribution is 2.17. The molecule has 0 aromatic heterocycles. The molecular formula is C14H22BrNO2. The first-order chi connectivity index (χ1) is 8.59. The lowest BCUT2D eigenvalue weighted by molar-refractivity contribution is 0.0598. The van der Waals surface area contributed by atoms with E-state index in [0.29, 0.717) is 19.8 Å². The van der Waals surface area contributed by atoms with Crippen molar-refractivity contribution in [3.05, 3.63) is 28.7 Å². The van der Waals surface area contributed by atoms with Gasteiger partial charge in [-0.05, 0) is 31.0 Å². The minimum Gasteiger partial charge on any atom is -0.491 e. The molecule has 0 amide bonds. The van der Waals surface area contributed by atoms with Gasteiger partial charge in [-0.15, -0.1) is 0 Å². The van der Waals surface area contributed by atoms with Gasteiger partial charge in [-0.3, -0.25) is 0 Å². The molecule has 1 rings (SSSR count). The Morgan fingerprint density at radius 1 is 1.22 bits per heavy atom. The maximum Gasteiger partial charge on any atom is 0.120 e. The predicted octanol–water partition coefficient (Wildman–Crippen LogP) is 3.36. The number of hydrogen-bond donors (Lipinski definition) is 1. The molecule has 0 heterocycles. The van der Waals surface area contributed by atoms with Gasteiger partial charge in [0.1, 0.15) is 12.4 Å². The zero-order valence-corrected chi connectivity index (χ0v) is 12.7. The highest BCUT2D eigenvalue weighted by molar-refractivity contribution is 9.10. The summed E-state index contributed by atoms with van der Waals surface area (Å²) < 4.78 is 12.2. The van der Waals surface area contributed by atoms with E-state index in [1.54, 1.807) is 0 Å². The van der Waals surface area contributed by atoms with E-state index in [4.69, 9.17) is 15.2 Å². The average molecular weight is 316 g/mol. The molecule has 102 valence electrons. The third-order valence-corrected chi connectivity index (χ3v) is 3.58. The molecule has 0 aliphatic carbocycles. The maximum atomic E-state index is 6.14. The van der Waals surface area contributed by atoms with Gasteiger partial charge in [0, 0.05) is 10.0 Å². The lowest BCUT2D eigenvalue weighted by atomic mass is 9.96. The van der Waals surface area contributed by atoms with E-state index in [0.717, 1.165) is 23.1 Å². The zero-order chi connectivity index (χ0) is 13.4. The van der Waals surface area contributed by atoms with E-state index < -0.39 is 0 Å². The minimum atomic E-state index is -0.199. The predicted molar refractivity (Wildman–Crippen MR) is 78.0 cm³/mol. The van der Waals surface area contributed by atoms with Crippen molar-refractivity contribution in [2.45, 2.75) is 32.2 Å². The van der Waals surface area contributed by atoms with E-state index >= 15 is 0 Å². The molecular weight excluding hydrogens is 294 g/mol. The van der Waals surface area contributed by atoms with Crippen molar-refractivity contribution in [1.29, 1.82) is 0 Å². The Balaban J connectivity index is 2.19.